The first-order valence-corrected chi connectivity index (χ1v) is 11.7. The maximum atomic E-state index is 14.9. The Hall–Kier alpha value is -2.16. The Morgan fingerprint density at radius 1 is 0.967 bits per heavy atom. The fourth-order valence-electron chi connectivity index (χ4n) is 4.55. The molecule has 2 aromatic carbocycles. The van der Waals surface area contributed by atoms with Gasteiger partial charge < -0.3 is 4.74 Å². The molecule has 0 unspecified atom stereocenters. The van der Waals surface area contributed by atoms with Crippen molar-refractivity contribution in [2.45, 2.75) is 77.6 Å². The molecule has 0 amide bonds. The average Bonchev–Trinajstić information content (AvgIpc) is 2.78. The summed E-state index contributed by atoms with van der Waals surface area (Å²) in [4.78, 5) is 11.9. The molecule has 2 aromatic rings. The number of rotatable bonds is 9. The van der Waals surface area contributed by atoms with Crippen molar-refractivity contribution in [3.63, 3.8) is 0 Å². The van der Waals surface area contributed by atoms with Gasteiger partial charge in [0, 0.05) is 5.56 Å². The minimum atomic E-state index is -0.329. The van der Waals surface area contributed by atoms with Crippen molar-refractivity contribution in [2.24, 2.45) is 5.92 Å². The van der Waals surface area contributed by atoms with Crippen molar-refractivity contribution >= 4 is 5.97 Å². The van der Waals surface area contributed by atoms with Crippen LogP contribution in [0.4, 0.5) is 4.39 Å². The predicted molar refractivity (Wildman–Crippen MR) is 121 cm³/mol. The zero-order chi connectivity index (χ0) is 21.3. The molecule has 0 radical (unpaired) electrons. The van der Waals surface area contributed by atoms with Crippen molar-refractivity contribution in [3.05, 3.63) is 59.4 Å². The summed E-state index contributed by atoms with van der Waals surface area (Å²) >= 11 is 0. The van der Waals surface area contributed by atoms with E-state index in [4.69, 9.17) is 4.74 Å². The monoisotopic (exact) mass is 410 g/mol. The summed E-state index contributed by atoms with van der Waals surface area (Å²) in [5.41, 5.74) is 2.99. The van der Waals surface area contributed by atoms with Crippen LogP contribution in [0.5, 0.6) is 0 Å². The van der Waals surface area contributed by atoms with Crippen LogP contribution in [0, 0.1) is 11.7 Å². The highest BCUT2D eigenvalue weighted by Gasteiger charge is 2.23. The lowest BCUT2D eigenvalue weighted by Gasteiger charge is -2.29. The lowest BCUT2D eigenvalue weighted by atomic mass is 9.77. The summed E-state index contributed by atoms with van der Waals surface area (Å²) in [5.74, 6) is 0.828. The Bertz CT molecular complexity index is 804. The number of hydrogen-bond donors (Lipinski definition) is 0. The molecule has 0 bridgehead atoms. The van der Waals surface area contributed by atoms with Crippen LogP contribution in [0.1, 0.15) is 93.5 Å². The van der Waals surface area contributed by atoms with Gasteiger partial charge in [0.15, 0.2) is 0 Å². The first-order chi connectivity index (χ1) is 14.6. The van der Waals surface area contributed by atoms with Crippen LogP contribution in [-0.2, 0) is 4.74 Å². The van der Waals surface area contributed by atoms with Gasteiger partial charge in [-0.05, 0) is 73.3 Å². The number of benzene rings is 2. The number of ether oxygens (including phenoxy) is 1. The van der Waals surface area contributed by atoms with Gasteiger partial charge in [0.2, 0.25) is 0 Å². The van der Waals surface area contributed by atoms with Gasteiger partial charge >= 0.3 is 5.97 Å². The Labute approximate surface area is 180 Å². The Balaban J connectivity index is 1.61. The first kappa shape index (κ1) is 22.5. The molecule has 30 heavy (non-hydrogen) atoms. The van der Waals surface area contributed by atoms with Crippen LogP contribution in [0.2, 0.25) is 0 Å². The van der Waals surface area contributed by atoms with Crippen LogP contribution in [-0.4, -0.2) is 12.6 Å². The normalized spacial score (nSPS) is 18.9. The zero-order valence-corrected chi connectivity index (χ0v) is 18.5. The molecule has 0 heterocycles. The highest BCUT2D eigenvalue weighted by Crippen LogP contribution is 2.38. The second kappa shape index (κ2) is 11.3. The highest BCUT2D eigenvalue weighted by atomic mass is 19.1. The average molecular weight is 411 g/mol. The highest BCUT2D eigenvalue weighted by molar-refractivity contribution is 5.90. The van der Waals surface area contributed by atoms with Crippen molar-refractivity contribution in [2.75, 3.05) is 6.61 Å². The van der Waals surface area contributed by atoms with Crippen LogP contribution in [0.3, 0.4) is 0 Å². The van der Waals surface area contributed by atoms with Crippen LogP contribution in [0.25, 0.3) is 11.1 Å². The van der Waals surface area contributed by atoms with E-state index < -0.39 is 0 Å². The Morgan fingerprint density at radius 2 is 1.70 bits per heavy atom. The predicted octanol–water partition coefficient (Wildman–Crippen LogP) is 7.91. The number of unbranched alkanes of at least 4 members (excludes halogenated alkanes) is 2. The van der Waals surface area contributed by atoms with Gasteiger partial charge in [-0.25, -0.2) is 9.18 Å². The third-order valence-corrected chi connectivity index (χ3v) is 6.40. The topological polar surface area (TPSA) is 26.3 Å². The minimum absolute atomic E-state index is 0.182. The lowest BCUT2D eigenvalue weighted by molar-refractivity contribution is 0.0505. The maximum Gasteiger partial charge on any atom is 0.338 e. The van der Waals surface area contributed by atoms with Gasteiger partial charge in [-0.1, -0.05) is 63.8 Å². The van der Waals surface area contributed by atoms with Gasteiger partial charge in [-0.2, -0.15) is 0 Å². The lowest BCUT2D eigenvalue weighted by Crippen LogP contribution is -2.13. The fraction of sp³-hybridized carbons (Fsp3) is 0.519. The summed E-state index contributed by atoms with van der Waals surface area (Å²) in [6, 6.07) is 12.7. The second-order valence-electron chi connectivity index (χ2n) is 8.67. The summed E-state index contributed by atoms with van der Waals surface area (Å²) in [6.45, 7) is 4.63. The molecule has 0 saturated heterocycles. The van der Waals surface area contributed by atoms with Gasteiger partial charge in [-0.3, -0.25) is 0 Å². The molecular formula is C27H35FO2. The molecule has 1 fully saturated rings. The van der Waals surface area contributed by atoms with E-state index in [1.807, 2.05) is 13.0 Å². The summed E-state index contributed by atoms with van der Waals surface area (Å²) in [6.07, 6.45) is 11.0. The molecule has 0 aliphatic heterocycles. The van der Waals surface area contributed by atoms with Crippen molar-refractivity contribution < 1.29 is 13.9 Å². The fourth-order valence-corrected chi connectivity index (χ4v) is 4.55. The van der Waals surface area contributed by atoms with E-state index in [1.165, 1.54) is 51.4 Å². The smallest absolute Gasteiger partial charge is 0.338 e. The molecule has 0 spiro atoms. The molecule has 2 nitrogen and oxygen atoms in total. The third-order valence-electron chi connectivity index (χ3n) is 6.40. The van der Waals surface area contributed by atoms with E-state index in [9.17, 15) is 9.18 Å². The molecular weight excluding hydrogens is 375 g/mol. The number of carbonyl (C=O) groups excluding carboxylic acids is 1. The van der Waals surface area contributed by atoms with Gasteiger partial charge in [-0.15, -0.1) is 0 Å². The van der Waals surface area contributed by atoms with Crippen LogP contribution in [0.15, 0.2) is 42.5 Å². The van der Waals surface area contributed by atoms with Gasteiger partial charge in [0.05, 0.1) is 12.2 Å². The molecule has 3 rings (SSSR count). The number of halogens is 1. The Kier molecular flexibility index (Phi) is 8.48. The van der Waals surface area contributed by atoms with Gasteiger partial charge in [0.25, 0.3) is 0 Å². The number of carbonyl (C=O) groups is 1. The van der Waals surface area contributed by atoms with Crippen molar-refractivity contribution in [1.29, 1.82) is 0 Å². The second-order valence-corrected chi connectivity index (χ2v) is 8.67. The standard InChI is InChI=1S/C27H35FO2/c1-3-5-6-7-20-8-10-21(11-9-20)24-16-17-25(26(28)19-24)22-12-14-23(15-13-22)27(29)30-18-4-2/h12-17,19-21H,3-11,18H2,1-2H3. The molecule has 1 aliphatic rings. The van der Waals surface area contributed by atoms with Crippen LogP contribution >= 0.6 is 0 Å². The van der Waals surface area contributed by atoms with E-state index in [2.05, 4.69) is 13.0 Å². The van der Waals surface area contributed by atoms with E-state index >= 15 is 0 Å². The largest absolute Gasteiger partial charge is 0.462 e. The molecule has 3 heteroatoms. The van der Waals surface area contributed by atoms with Gasteiger partial charge in [0.1, 0.15) is 5.82 Å². The van der Waals surface area contributed by atoms with Crippen LogP contribution < -0.4 is 0 Å². The molecule has 0 aromatic heterocycles. The van der Waals surface area contributed by atoms with E-state index in [0.717, 1.165) is 23.5 Å². The van der Waals surface area contributed by atoms with Crippen molar-refractivity contribution in [3.8, 4) is 11.1 Å². The van der Waals surface area contributed by atoms with E-state index in [0.29, 0.717) is 23.7 Å². The number of hydrogen-bond acceptors (Lipinski definition) is 2. The molecule has 162 valence electrons. The van der Waals surface area contributed by atoms with Crippen molar-refractivity contribution in [1.82, 2.24) is 0 Å². The molecule has 1 saturated carbocycles. The molecule has 0 N–H and O–H groups in total. The minimum Gasteiger partial charge on any atom is -0.462 e. The third kappa shape index (κ3) is 5.93. The van der Waals surface area contributed by atoms with E-state index in [1.54, 1.807) is 30.3 Å². The summed E-state index contributed by atoms with van der Waals surface area (Å²) in [5, 5.41) is 0. The molecule has 0 atom stereocenters. The number of esters is 1. The zero-order valence-electron chi connectivity index (χ0n) is 18.5. The maximum absolute atomic E-state index is 14.9. The quantitative estimate of drug-likeness (QED) is 0.310. The summed E-state index contributed by atoms with van der Waals surface area (Å²) in [7, 11) is 0. The summed E-state index contributed by atoms with van der Waals surface area (Å²) < 4.78 is 20.1. The Morgan fingerprint density at radius 3 is 2.33 bits per heavy atom. The SMILES string of the molecule is CCCCCC1CCC(c2ccc(-c3ccc(C(=O)OCCC)cc3)c(F)c2)CC1. The first-order valence-electron chi connectivity index (χ1n) is 11.7. The van der Waals surface area contributed by atoms with E-state index in [-0.39, 0.29) is 11.8 Å². The molecule has 1 aliphatic carbocycles.